The Bertz CT molecular complexity index is 314. The van der Waals surface area contributed by atoms with E-state index in [1.54, 1.807) is 11.4 Å². The summed E-state index contributed by atoms with van der Waals surface area (Å²) >= 11 is 1.12. The van der Waals surface area contributed by atoms with Gasteiger partial charge in [0, 0.05) is 4.88 Å². The van der Waals surface area contributed by atoms with Crippen LogP contribution in [-0.2, 0) is 15.0 Å². The highest BCUT2D eigenvalue weighted by Crippen LogP contribution is 2.28. The van der Waals surface area contributed by atoms with Crippen LogP contribution in [0.15, 0.2) is 17.5 Å². The first-order chi connectivity index (χ1) is 5.99. The zero-order valence-electron chi connectivity index (χ0n) is 6.85. The Morgan fingerprint density at radius 3 is 2.23 bits per heavy atom. The van der Waals surface area contributed by atoms with Crippen molar-refractivity contribution in [2.45, 2.75) is 12.3 Å². The van der Waals surface area contributed by atoms with E-state index in [-0.39, 0.29) is 0 Å². The molecule has 13 heavy (non-hydrogen) atoms. The fraction of sp³-hybridized carbons (Fsp3) is 0.250. The molecule has 0 atom stereocenters. The van der Waals surface area contributed by atoms with Gasteiger partial charge in [-0.15, -0.1) is 11.3 Å². The number of thiophene rings is 1. The quantitative estimate of drug-likeness (QED) is 0.718. The highest BCUT2D eigenvalue weighted by molar-refractivity contribution is 7.10. The van der Waals surface area contributed by atoms with Gasteiger partial charge < -0.3 is 10.2 Å². The summed E-state index contributed by atoms with van der Waals surface area (Å²) in [4.78, 5) is 21.9. The maximum Gasteiger partial charge on any atom is 0.326 e. The third-order valence-electron chi connectivity index (χ3n) is 1.87. The predicted octanol–water partition coefficient (Wildman–Crippen LogP) is 1.17. The van der Waals surface area contributed by atoms with Crippen molar-refractivity contribution in [1.29, 1.82) is 0 Å². The number of aliphatic carboxylic acids is 2. The molecule has 5 heteroatoms. The molecular weight excluding hydrogens is 192 g/mol. The molecule has 0 fully saturated rings. The van der Waals surface area contributed by atoms with Crippen molar-refractivity contribution in [2.24, 2.45) is 0 Å². The molecule has 0 spiro atoms. The molecule has 70 valence electrons. The van der Waals surface area contributed by atoms with Crippen LogP contribution in [0.2, 0.25) is 0 Å². The molecule has 0 saturated heterocycles. The lowest BCUT2D eigenvalue weighted by Crippen LogP contribution is -2.39. The molecule has 0 bridgehead atoms. The minimum Gasteiger partial charge on any atom is -0.480 e. The average molecular weight is 200 g/mol. The standard InChI is InChI=1S/C8H8O4S/c1-8(6(9)10,7(11)12)5-3-2-4-13-5/h2-4H,1H3,(H,9,10)(H,11,12). The van der Waals surface area contributed by atoms with Crippen molar-refractivity contribution in [3.05, 3.63) is 22.4 Å². The van der Waals surface area contributed by atoms with E-state index >= 15 is 0 Å². The van der Waals surface area contributed by atoms with E-state index < -0.39 is 17.4 Å². The fourth-order valence-electron chi connectivity index (χ4n) is 0.865. The van der Waals surface area contributed by atoms with Crippen LogP contribution in [0, 0.1) is 0 Å². The lowest BCUT2D eigenvalue weighted by Gasteiger charge is -2.17. The molecule has 1 aromatic heterocycles. The summed E-state index contributed by atoms with van der Waals surface area (Å²) in [6, 6.07) is 3.14. The van der Waals surface area contributed by atoms with Crippen molar-refractivity contribution < 1.29 is 19.8 Å². The molecule has 4 nitrogen and oxygen atoms in total. The van der Waals surface area contributed by atoms with Crippen molar-refractivity contribution >= 4 is 23.3 Å². The van der Waals surface area contributed by atoms with Crippen LogP contribution in [-0.4, -0.2) is 22.2 Å². The topological polar surface area (TPSA) is 74.6 Å². The average Bonchev–Trinajstić information content (AvgIpc) is 2.54. The van der Waals surface area contributed by atoms with Crippen LogP contribution < -0.4 is 0 Å². The van der Waals surface area contributed by atoms with Gasteiger partial charge in [-0.3, -0.25) is 9.59 Å². The molecule has 0 aliphatic rings. The summed E-state index contributed by atoms with van der Waals surface area (Å²) in [6.07, 6.45) is 0. The van der Waals surface area contributed by atoms with Crippen LogP contribution in [0.1, 0.15) is 11.8 Å². The number of carbonyl (C=O) groups is 2. The van der Waals surface area contributed by atoms with E-state index in [1.807, 2.05) is 0 Å². The SMILES string of the molecule is CC(C(=O)O)(C(=O)O)c1cccs1. The number of hydrogen-bond acceptors (Lipinski definition) is 3. The molecule has 0 saturated carbocycles. The van der Waals surface area contributed by atoms with Gasteiger partial charge in [-0.25, -0.2) is 0 Å². The Kier molecular flexibility index (Phi) is 2.38. The molecule has 0 amide bonds. The molecule has 1 rings (SSSR count). The number of rotatable bonds is 3. The van der Waals surface area contributed by atoms with Gasteiger partial charge in [0.15, 0.2) is 5.41 Å². The minimum atomic E-state index is -1.83. The lowest BCUT2D eigenvalue weighted by atomic mass is 9.89. The predicted molar refractivity (Wildman–Crippen MR) is 46.9 cm³/mol. The summed E-state index contributed by atoms with van der Waals surface area (Å²) in [5.41, 5.74) is -1.83. The molecule has 0 aliphatic carbocycles. The second kappa shape index (κ2) is 3.18. The van der Waals surface area contributed by atoms with E-state index in [1.165, 1.54) is 13.0 Å². The second-order valence-corrected chi connectivity index (χ2v) is 3.66. The molecule has 0 aliphatic heterocycles. The van der Waals surface area contributed by atoms with Crippen LogP contribution in [0.3, 0.4) is 0 Å². The Morgan fingerprint density at radius 1 is 1.38 bits per heavy atom. The van der Waals surface area contributed by atoms with Crippen LogP contribution in [0.5, 0.6) is 0 Å². The van der Waals surface area contributed by atoms with Gasteiger partial charge in [0.2, 0.25) is 0 Å². The van der Waals surface area contributed by atoms with Crippen molar-refractivity contribution in [1.82, 2.24) is 0 Å². The van der Waals surface area contributed by atoms with Crippen LogP contribution in [0.4, 0.5) is 0 Å². The minimum absolute atomic E-state index is 0.326. The lowest BCUT2D eigenvalue weighted by molar-refractivity contribution is -0.156. The highest BCUT2D eigenvalue weighted by Gasteiger charge is 2.44. The van der Waals surface area contributed by atoms with Gasteiger partial charge in [-0.05, 0) is 18.4 Å². The zero-order chi connectivity index (χ0) is 10.1. The van der Waals surface area contributed by atoms with Gasteiger partial charge in [0.1, 0.15) is 0 Å². The first kappa shape index (κ1) is 9.73. The fourth-order valence-corrected chi connectivity index (χ4v) is 1.74. The Morgan fingerprint density at radius 2 is 1.92 bits per heavy atom. The van der Waals surface area contributed by atoms with Crippen molar-refractivity contribution in [3.63, 3.8) is 0 Å². The van der Waals surface area contributed by atoms with Gasteiger partial charge in [0.05, 0.1) is 0 Å². The van der Waals surface area contributed by atoms with E-state index in [9.17, 15) is 9.59 Å². The second-order valence-electron chi connectivity index (χ2n) is 2.71. The maximum atomic E-state index is 10.8. The van der Waals surface area contributed by atoms with Gasteiger partial charge in [-0.2, -0.15) is 0 Å². The van der Waals surface area contributed by atoms with Gasteiger partial charge >= 0.3 is 11.9 Å². The number of hydrogen-bond donors (Lipinski definition) is 2. The maximum absolute atomic E-state index is 10.8. The van der Waals surface area contributed by atoms with E-state index in [0.717, 1.165) is 11.3 Å². The Labute approximate surface area is 78.4 Å². The summed E-state index contributed by atoms with van der Waals surface area (Å²) < 4.78 is 0. The molecule has 0 radical (unpaired) electrons. The van der Waals surface area contributed by atoms with Gasteiger partial charge in [-0.1, -0.05) is 6.07 Å². The number of carboxylic acids is 2. The third kappa shape index (κ3) is 1.42. The van der Waals surface area contributed by atoms with Gasteiger partial charge in [0.25, 0.3) is 0 Å². The van der Waals surface area contributed by atoms with Crippen molar-refractivity contribution in [2.75, 3.05) is 0 Å². The first-order valence-corrected chi connectivity index (χ1v) is 4.38. The van der Waals surface area contributed by atoms with E-state index in [0.29, 0.717) is 4.88 Å². The Hall–Kier alpha value is -1.36. The summed E-state index contributed by atoms with van der Waals surface area (Å²) in [6.45, 7) is 1.18. The smallest absolute Gasteiger partial charge is 0.326 e. The molecular formula is C8H8O4S. The zero-order valence-corrected chi connectivity index (χ0v) is 7.67. The summed E-state index contributed by atoms with van der Waals surface area (Å²) in [7, 11) is 0. The molecule has 0 aromatic carbocycles. The highest BCUT2D eigenvalue weighted by atomic mass is 32.1. The summed E-state index contributed by atoms with van der Waals surface area (Å²) in [5.74, 6) is -2.69. The van der Waals surface area contributed by atoms with E-state index in [2.05, 4.69) is 0 Å². The Balaban J connectivity index is 3.21. The monoisotopic (exact) mass is 200 g/mol. The largest absolute Gasteiger partial charge is 0.480 e. The molecule has 1 aromatic rings. The van der Waals surface area contributed by atoms with E-state index in [4.69, 9.17) is 10.2 Å². The van der Waals surface area contributed by atoms with Crippen LogP contribution in [0.25, 0.3) is 0 Å². The molecule has 2 N–H and O–H groups in total. The van der Waals surface area contributed by atoms with Crippen molar-refractivity contribution in [3.8, 4) is 0 Å². The molecule has 0 unspecified atom stereocenters. The first-order valence-electron chi connectivity index (χ1n) is 3.50. The van der Waals surface area contributed by atoms with Crippen LogP contribution >= 0.6 is 11.3 Å². The molecule has 1 heterocycles. The normalized spacial score (nSPS) is 11.2. The number of carboxylic acid groups (broad SMARTS) is 2. The third-order valence-corrected chi connectivity index (χ3v) is 2.96. The summed E-state index contributed by atoms with van der Waals surface area (Å²) in [5, 5.41) is 19.3.